The highest BCUT2D eigenvalue weighted by atomic mass is 16.5. The standard InChI is InChI=1S/C17H22N2O2/c1-13-14(6-5-9-18-13)11-19(2)12-15-10-16(20-3)7-8-17(15)21-4/h5-10H,11-12H2,1-4H3. The molecule has 0 bridgehead atoms. The van der Waals surface area contributed by atoms with Gasteiger partial charge in [-0.25, -0.2) is 0 Å². The van der Waals surface area contributed by atoms with Crippen LogP contribution in [-0.4, -0.2) is 31.2 Å². The zero-order valence-corrected chi connectivity index (χ0v) is 13.1. The van der Waals surface area contributed by atoms with Crippen molar-refractivity contribution in [1.82, 2.24) is 9.88 Å². The number of aryl methyl sites for hydroxylation is 1. The number of nitrogens with zero attached hydrogens (tertiary/aromatic N) is 2. The van der Waals surface area contributed by atoms with Gasteiger partial charge in [0.2, 0.25) is 0 Å². The molecule has 21 heavy (non-hydrogen) atoms. The topological polar surface area (TPSA) is 34.6 Å². The molecule has 0 saturated heterocycles. The van der Waals surface area contributed by atoms with Crippen LogP contribution in [0.4, 0.5) is 0 Å². The summed E-state index contributed by atoms with van der Waals surface area (Å²) in [4.78, 5) is 6.57. The molecule has 1 aromatic carbocycles. The Kier molecular flexibility index (Phi) is 5.17. The first-order valence-corrected chi connectivity index (χ1v) is 6.94. The van der Waals surface area contributed by atoms with Gasteiger partial charge in [0.15, 0.2) is 0 Å². The first-order valence-electron chi connectivity index (χ1n) is 6.94. The molecule has 1 aromatic heterocycles. The Bertz CT molecular complexity index is 599. The van der Waals surface area contributed by atoms with Gasteiger partial charge in [0, 0.05) is 30.5 Å². The van der Waals surface area contributed by atoms with Crippen LogP contribution in [0.3, 0.4) is 0 Å². The molecule has 0 aliphatic rings. The lowest BCUT2D eigenvalue weighted by molar-refractivity contribution is 0.308. The molecule has 0 amide bonds. The first-order chi connectivity index (χ1) is 10.1. The molecule has 2 aromatic rings. The van der Waals surface area contributed by atoms with Gasteiger partial charge < -0.3 is 9.47 Å². The van der Waals surface area contributed by atoms with Crippen molar-refractivity contribution in [2.24, 2.45) is 0 Å². The number of hydrogen-bond donors (Lipinski definition) is 0. The van der Waals surface area contributed by atoms with E-state index in [1.165, 1.54) is 5.56 Å². The molecular weight excluding hydrogens is 264 g/mol. The van der Waals surface area contributed by atoms with E-state index in [4.69, 9.17) is 9.47 Å². The van der Waals surface area contributed by atoms with Crippen molar-refractivity contribution < 1.29 is 9.47 Å². The molecule has 112 valence electrons. The Balaban J connectivity index is 2.12. The first kappa shape index (κ1) is 15.3. The fourth-order valence-electron chi connectivity index (χ4n) is 2.33. The van der Waals surface area contributed by atoms with Gasteiger partial charge >= 0.3 is 0 Å². The highest BCUT2D eigenvalue weighted by Crippen LogP contribution is 2.25. The second-order valence-electron chi connectivity index (χ2n) is 5.10. The molecule has 0 aliphatic heterocycles. The van der Waals surface area contributed by atoms with E-state index in [1.54, 1.807) is 14.2 Å². The molecule has 4 nitrogen and oxygen atoms in total. The number of ether oxygens (including phenoxy) is 2. The summed E-state index contributed by atoms with van der Waals surface area (Å²) < 4.78 is 10.7. The van der Waals surface area contributed by atoms with E-state index in [0.29, 0.717) is 0 Å². The minimum atomic E-state index is 0.786. The van der Waals surface area contributed by atoms with Gasteiger partial charge in [0.05, 0.1) is 14.2 Å². The summed E-state index contributed by atoms with van der Waals surface area (Å²) in [5.41, 5.74) is 3.42. The number of methoxy groups -OCH3 is 2. The monoisotopic (exact) mass is 286 g/mol. The lowest BCUT2D eigenvalue weighted by Gasteiger charge is -2.19. The molecule has 0 fully saturated rings. The molecule has 0 spiro atoms. The summed E-state index contributed by atoms with van der Waals surface area (Å²) in [5.74, 6) is 1.72. The fraction of sp³-hybridized carbons (Fsp3) is 0.353. The zero-order valence-electron chi connectivity index (χ0n) is 13.1. The number of benzene rings is 1. The molecule has 0 atom stereocenters. The van der Waals surface area contributed by atoms with Gasteiger partial charge in [-0.3, -0.25) is 9.88 Å². The van der Waals surface area contributed by atoms with Crippen LogP contribution in [0.1, 0.15) is 16.8 Å². The summed E-state index contributed by atoms with van der Waals surface area (Å²) in [7, 11) is 5.45. The van der Waals surface area contributed by atoms with E-state index in [9.17, 15) is 0 Å². The van der Waals surface area contributed by atoms with Gasteiger partial charge in [-0.2, -0.15) is 0 Å². The summed E-state index contributed by atoms with van der Waals surface area (Å²) in [6.07, 6.45) is 1.82. The molecule has 0 saturated carbocycles. The van der Waals surface area contributed by atoms with E-state index in [0.717, 1.165) is 35.8 Å². The van der Waals surface area contributed by atoms with E-state index < -0.39 is 0 Å². The molecule has 0 aliphatic carbocycles. The van der Waals surface area contributed by atoms with Gasteiger partial charge in [0.25, 0.3) is 0 Å². The third kappa shape index (κ3) is 3.95. The SMILES string of the molecule is COc1ccc(OC)c(CN(C)Cc2cccnc2C)c1. The number of hydrogen-bond acceptors (Lipinski definition) is 4. The van der Waals surface area contributed by atoms with Crippen LogP contribution in [0.2, 0.25) is 0 Å². The summed E-state index contributed by atoms with van der Waals surface area (Å²) in [6.45, 7) is 3.67. The minimum Gasteiger partial charge on any atom is -0.497 e. The van der Waals surface area contributed by atoms with Crippen LogP contribution in [0.25, 0.3) is 0 Å². The van der Waals surface area contributed by atoms with Crippen molar-refractivity contribution >= 4 is 0 Å². The van der Waals surface area contributed by atoms with E-state index in [2.05, 4.69) is 23.0 Å². The molecular formula is C17H22N2O2. The third-order valence-corrected chi connectivity index (χ3v) is 3.48. The van der Waals surface area contributed by atoms with Crippen LogP contribution >= 0.6 is 0 Å². The van der Waals surface area contributed by atoms with Crippen LogP contribution in [0.5, 0.6) is 11.5 Å². The fourth-order valence-corrected chi connectivity index (χ4v) is 2.33. The van der Waals surface area contributed by atoms with E-state index in [-0.39, 0.29) is 0 Å². The van der Waals surface area contributed by atoms with Gasteiger partial charge in [-0.15, -0.1) is 0 Å². The highest BCUT2D eigenvalue weighted by molar-refractivity contribution is 5.40. The molecule has 0 N–H and O–H groups in total. The van der Waals surface area contributed by atoms with Gasteiger partial charge in [0.1, 0.15) is 11.5 Å². The van der Waals surface area contributed by atoms with Crippen LogP contribution < -0.4 is 9.47 Å². The Hall–Kier alpha value is -2.07. The lowest BCUT2D eigenvalue weighted by Crippen LogP contribution is -2.18. The smallest absolute Gasteiger partial charge is 0.123 e. The van der Waals surface area contributed by atoms with Crippen LogP contribution in [0, 0.1) is 6.92 Å². The summed E-state index contributed by atoms with van der Waals surface area (Å²) >= 11 is 0. The van der Waals surface area contributed by atoms with Crippen molar-refractivity contribution in [3.8, 4) is 11.5 Å². The third-order valence-electron chi connectivity index (χ3n) is 3.48. The van der Waals surface area contributed by atoms with Crippen LogP contribution in [-0.2, 0) is 13.1 Å². The van der Waals surface area contributed by atoms with Crippen molar-refractivity contribution in [2.75, 3.05) is 21.3 Å². The highest BCUT2D eigenvalue weighted by Gasteiger charge is 2.09. The van der Waals surface area contributed by atoms with E-state index >= 15 is 0 Å². The number of pyridine rings is 1. The Morgan fingerprint density at radius 1 is 1.05 bits per heavy atom. The van der Waals surface area contributed by atoms with Crippen molar-refractivity contribution in [3.63, 3.8) is 0 Å². The predicted octanol–water partition coefficient (Wildman–Crippen LogP) is 3.04. The maximum absolute atomic E-state index is 5.43. The molecule has 2 rings (SSSR count). The molecule has 1 heterocycles. The van der Waals surface area contributed by atoms with Gasteiger partial charge in [-0.1, -0.05) is 6.07 Å². The summed E-state index contributed by atoms with van der Waals surface area (Å²) in [6, 6.07) is 9.96. The predicted molar refractivity (Wildman–Crippen MR) is 83.7 cm³/mol. The zero-order chi connectivity index (χ0) is 15.2. The van der Waals surface area contributed by atoms with Crippen molar-refractivity contribution in [1.29, 1.82) is 0 Å². The van der Waals surface area contributed by atoms with Crippen LogP contribution in [0.15, 0.2) is 36.5 Å². The maximum atomic E-state index is 5.43. The van der Waals surface area contributed by atoms with Crippen molar-refractivity contribution in [2.45, 2.75) is 20.0 Å². The largest absolute Gasteiger partial charge is 0.497 e. The Morgan fingerprint density at radius 2 is 1.81 bits per heavy atom. The lowest BCUT2D eigenvalue weighted by atomic mass is 10.1. The number of rotatable bonds is 6. The van der Waals surface area contributed by atoms with Gasteiger partial charge in [-0.05, 0) is 43.8 Å². The average molecular weight is 286 g/mol. The minimum absolute atomic E-state index is 0.786. The maximum Gasteiger partial charge on any atom is 0.123 e. The quantitative estimate of drug-likeness (QED) is 0.817. The van der Waals surface area contributed by atoms with E-state index in [1.807, 2.05) is 37.4 Å². The van der Waals surface area contributed by atoms with Crippen molar-refractivity contribution in [3.05, 3.63) is 53.3 Å². The molecule has 0 unspecified atom stereocenters. The second-order valence-corrected chi connectivity index (χ2v) is 5.10. The molecule has 0 radical (unpaired) electrons. The normalized spacial score (nSPS) is 10.7. The molecule has 4 heteroatoms. The number of aromatic nitrogens is 1. The Labute approximate surface area is 126 Å². The summed E-state index contributed by atoms with van der Waals surface area (Å²) in [5, 5.41) is 0. The Morgan fingerprint density at radius 3 is 2.48 bits per heavy atom. The second kappa shape index (κ2) is 7.09. The average Bonchev–Trinajstić information content (AvgIpc) is 2.49.